The molecule has 0 amide bonds. The molecule has 322 valence electrons. The zero-order chi connectivity index (χ0) is 44.6. The van der Waals surface area contributed by atoms with Crippen LogP contribution in [-0.4, -0.2) is 23.3 Å². The number of rotatable bonds is 5. The van der Waals surface area contributed by atoms with Crippen LogP contribution in [0.4, 0.5) is 0 Å². The van der Waals surface area contributed by atoms with Crippen LogP contribution in [0.15, 0.2) is 200 Å². The van der Waals surface area contributed by atoms with Crippen LogP contribution in [0.25, 0.3) is 121 Å². The van der Waals surface area contributed by atoms with E-state index in [1.165, 1.54) is 115 Å². The van der Waals surface area contributed by atoms with Crippen molar-refractivity contribution in [3.05, 3.63) is 211 Å². The van der Waals surface area contributed by atoms with Gasteiger partial charge in [0.1, 0.15) is 5.82 Å². The van der Waals surface area contributed by atoms with Crippen LogP contribution < -0.4 is 0 Å². The summed E-state index contributed by atoms with van der Waals surface area (Å²) in [5.74, 6) is 1.36. The third-order valence-electron chi connectivity index (χ3n) is 15.5. The van der Waals surface area contributed by atoms with E-state index in [2.05, 4.69) is 213 Å². The van der Waals surface area contributed by atoms with Gasteiger partial charge in [0.05, 0.1) is 44.1 Å². The van der Waals surface area contributed by atoms with Crippen LogP contribution in [-0.2, 0) is 12.8 Å². The number of allylic oxidation sites excluding steroid dienone is 4. The molecule has 1 atom stereocenters. The fourth-order valence-corrected chi connectivity index (χ4v) is 12.5. The molecule has 8 aromatic carbocycles. The van der Waals surface area contributed by atoms with Crippen molar-refractivity contribution in [2.24, 2.45) is 5.92 Å². The largest absolute Gasteiger partial charge is 0.312 e. The van der Waals surface area contributed by atoms with Crippen LogP contribution in [0.1, 0.15) is 30.9 Å². The van der Waals surface area contributed by atoms with Gasteiger partial charge in [-0.1, -0.05) is 110 Å². The molecule has 5 heteroatoms. The molecule has 2 aliphatic carbocycles. The lowest BCUT2D eigenvalue weighted by Crippen LogP contribution is -2.12. The summed E-state index contributed by atoms with van der Waals surface area (Å²) in [6, 6.07) is 65.5. The van der Waals surface area contributed by atoms with E-state index in [4.69, 9.17) is 4.98 Å². The number of hydrogen-bond donors (Lipinski definition) is 0. The lowest BCUT2D eigenvalue weighted by Gasteiger charge is -2.26. The molecular weight excluding hydrogens is 827 g/mol. The summed E-state index contributed by atoms with van der Waals surface area (Å²) in [5.41, 5.74) is 19.1. The van der Waals surface area contributed by atoms with Crippen LogP contribution in [0.3, 0.4) is 0 Å². The minimum Gasteiger partial charge on any atom is -0.312 e. The first kappa shape index (κ1) is 37.8. The van der Waals surface area contributed by atoms with Gasteiger partial charge in [-0.2, -0.15) is 0 Å². The fourth-order valence-electron chi connectivity index (χ4n) is 12.5. The zero-order valence-corrected chi connectivity index (χ0v) is 37.7. The van der Waals surface area contributed by atoms with Crippen molar-refractivity contribution in [1.82, 2.24) is 23.3 Å². The monoisotopic (exact) mass is 871 g/mol. The van der Waals surface area contributed by atoms with Crippen molar-refractivity contribution in [1.29, 1.82) is 0 Å². The number of fused-ring (bicyclic) bond motifs is 16. The Morgan fingerprint density at radius 1 is 0.456 bits per heavy atom. The Labute approximate surface area is 392 Å². The van der Waals surface area contributed by atoms with Gasteiger partial charge in [-0.25, -0.2) is 4.98 Å². The highest BCUT2D eigenvalue weighted by Gasteiger charge is 2.28. The molecule has 0 aliphatic heterocycles. The minimum atomic E-state index is 0.434. The number of nitrogens with zero attached hydrogens (tertiary/aromatic N) is 5. The first-order valence-corrected chi connectivity index (χ1v) is 24.2. The second-order valence-corrected chi connectivity index (χ2v) is 18.9. The highest BCUT2D eigenvalue weighted by molar-refractivity contribution is 6.16. The average Bonchev–Trinajstić information content (AvgIpc) is 4.12. The van der Waals surface area contributed by atoms with E-state index in [0.717, 1.165) is 42.7 Å². The maximum atomic E-state index is 4.98. The van der Waals surface area contributed by atoms with Gasteiger partial charge in [0.25, 0.3) is 0 Å². The maximum Gasteiger partial charge on any atom is 0.137 e. The van der Waals surface area contributed by atoms with E-state index in [9.17, 15) is 0 Å². The molecule has 13 aromatic rings. The van der Waals surface area contributed by atoms with Crippen molar-refractivity contribution in [3.63, 3.8) is 0 Å². The molecule has 5 heterocycles. The normalized spacial score (nSPS) is 14.9. The van der Waals surface area contributed by atoms with Gasteiger partial charge in [-0.05, 0) is 139 Å². The van der Waals surface area contributed by atoms with Crippen molar-refractivity contribution in [2.75, 3.05) is 0 Å². The first-order valence-electron chi connectivity index (χ1n) is 24.2. The molecule has 0 saturated heterocycles. The lowest BCUT2D eigenvalue weighted by atomic mass is 9.83. The van der Waals surface area contributed by atoms with E-state index < -0.39 is 0 Å². The first-order chi connectivity index (χ1) is 33.7. The molecule has 5 aromatic heterocycles. The highest BCUT2D eigenvalue weighted by Crippen LogP contribution is 2.47. The van der Waals surface area contributed by atoms with Crippen molar-refractivity contribution in [3.8, 4) is 28.3 Å². The van der Waals surface area contributed by atoms with E-state index >= 15 is 0 Å². The van der Waals surface area contributed by atoms with Gasteiger partial charge in [0.2, 0.25) is 0 Å². The summed E-state index contributed by atoms with van der Waals surface area (Å²) in [6.45, 7) is 2.34. The van der Waals surface area contributed by atoms with E-state index in [0.29, 0.717) is 5.92 Å². The molecule has 5 nitrogen and oxygen atoms in total. The average molecular weight is 872 g/mol. The smallest absolute Gasteiger partial charge is 0.137 e. The highest BCUT2D eigenvalue weighted by atomic mass is 15.1. The fraction of sp³-hybridized carbons (Fsp3) is 0.0952. The van der Waals surface area contributed by atoms with Gasteiger partial charge >= 0.3 is 0 Å². The number of pyridine rings is 1. The van der Waals surface area contributed by atoms with Crippen LogP contribution in [0.5, 0.6) is 0 Å². The molecule has 2 aliphatic rings. The molecule has 0 radical (unpaired) electrons. The Kier molecular flexibility index (Phi) is 7.94. The zero-order valence-electron chi connectivity index (χ0n) is 37.7. The summed E-state index contributed by atoms with van der Waals surface area (Å²) in [4.78, 5) is 4.98. The third kappa shape index (κ3) is 5.19. The van der Waals surface area contributed by atoms with E-state index in [1.807, 2.05) is 12.3 Å². The molecule has 15 rings (SSSR count). The topological polar surface area (TPSA) is 32.6 Å². The van der Waals surface area contributed by atoms with E-state index in [-0.39, 0.29) is 0 Å². The van der Waals surface area contributed by atoms with Crippen LogP contribution in [0.2, 0.25) is 0 Å². The molecule has 68 heavy (non-hydrogen) atoms. The van der Waals surface area contributed by atoms with Crippen molar-refractivity contribution >= 4 is 92.9 Å². The second kappa shape index (κ2) is 14.3. The Bertz CT molecular complexity index is 4230. The lowest BCUT2D eigenvalue weighted by molar-refractivity contribution is 0.629. The van der Waals surface area contributed by atoms with Gasteiger partial charge < -0.3 is 13.7 Å². The van der Waals surface area contributed by atoms with Gasteiger partial charge in [-0.15, -0.1) is 0 Å². The molecule has 0 fully saturated rings. The van der Waals surface area contributed by atoms with Gasteiger partial charge in [0, 0.05) is 72.3 Å². The summed E-state index contributed by atoms with van der Waals surface area (Å²) in [5, 5.41) is 10.2. The molecule has 0 bridgehead atoms. The Balaban J connectivity index is 0.977. The number of para-hydroxylation sites is 4. The van der Waals surface area contributed by atoms with Crippen LogP contribution in [0, 0.1) is 5.92 Å². The molecule has 1 unspecified atom stereocenters. The minimum absolute atomic E-state index is 0.434. The Hall–Kier alpha value is -8.41. The number of benzene rings is 8. The van der Waals surface area contributed by atoms with Gasteiger partial charge in [-0.3, -0.25) is 4.57 Å². The molecule has 0 saturated carbocycles. The standard InChI is InChI=1S/C63H45N5/c1-2-39-15-3-8-20-54(39)68-60-33-28-41(65-55-21-9-4-16-44(55)45-17-5-10-22-56(45)65)36-52(60)49-31-30-43-48(63(49)68)29-26-40-35-51-53-37-42(66-57-23-11-6-18-46(57)47-19-7-12-24-58(47)66)27-32-59(53)67(61(51)38-50(40)43)62-25-13-14-34-64-62/h3-14,16-25,27-28,30-39H,2,15,26,29H2,1H3. The summed E-state index contributed by atoms with van der Waals surface area (Å²) in [7, 11) is 0. The summed E-state index contributed by atoms with van der Waals surface area (Å²) < 4.78 is 9.92. The Morgan fingerprint density at radius 2 is 1.01 bits per heavy atom. The van der Waals surface area contributed by atoms with Crippen molar-refractivity contribution in [2.45, 2.75) is 32.6 Å². The van der Waals surface area contributed by atoms with E-state index in [1.54, 1.807) is 0 Å². The summed E-state index contributed by atoms with van der Waals surface area (Å²) in [6.07, 6.45) is 13.0. The third-order valence-corrected chi connectivity index (χ3v) is 15.5. The van der Waals surface area contributed by atoms with Crippen molar-refractivity contribution < 1.29 is 0 Å². The number of hydrogen-bond acceptors (Lipinski definition) is 1. The molecule has 0 spiro atoms. The maximum absolute atomic E-state index is 4.98. The SMILES string of the molecule is CCC1CC=CC=C1n1c2ccc(-n3c4ccccc4c4ccccc43)cc2c2ccc3c(c21)CCc1cc2c4cc(-n5c6ccccc6c6ccccc65)ccc4n(-c4ccccn4)c2cc1-3. The predicted molar refractivity (Wildman–Crippen MR) is 285 cm³/mol. The summed E-state index contributed by atoms with van der Waals surface area (Å²) >= 11 is 0. The van der Waals surface area contributed by atoms with Crippen LogP contribution >= 0.6 is 0 Å². The predicted octanol–water partition coefficient (Wildman–Crippen LogP) is 16.1. The number of aryl methyl sites for hydroxylation is 2. The quantitative estimate of drug-likeness (QED) is 0.170. The van der Waals surface area contributed by atoms with Gasteiger partial charge in [0.15, 0.2) is 0 Å². The molecule has 0 N–H and O–H groups in total. The number of aromatic nitrogens is 5. The Morgan fingerprint density at radius 3 is 1.62 bits per heavy atom. The second-order valence-electron chi connectivity index (χ2n) is 18.9. The molecular formula is C63H45N5.